The second kappa shape index (κ2) is 7.55. The lowest BCUT2D eigenvalue weighted by Crippen LogP contribution is -2.32. The molecule has 1 aromatic heterocycles. The second-order valence-corrected chi connectivity index (χ2v) is 6.47. The number of aromatic nitrogens is 2. The van der Waals surface area contributed by atoms with Crippen molar-refractivity contribution in [1.29, 1.82) is 0 Å². The van der Waals surface area contributed by atoms with Gasteiger partial charge in [-0.2, -0.15) is 4.98 Å². The quantitative estimate of drug-likeness (QED) is 0.767. The number of fused-ring (bicyclic) bond motifs is 1. The SMILES string of the molecule is CCN(Cc1noc(CC(C)C)n1)C(=O)Cc1ccc2c(c1)OCO2. The fraction of sp³-hybridized carbons (Fsp3) is 0.500. The first-order valence-corrected chi connectivity index (χ1v) is 8.53. The molecule has 2 aromatic rings. The summed E-state index contributed by atoms with van der Waals surface area (Å²) in [5, 5.41) is 3.98. The number of likely N-dealkylation sites (N-methyl/N-ethyl adjacent to an activating group) is 1. The van der Waals surface area contributed by atoms with E-state index in [2.05, 4.69) is 24.0 Å². The molecule has 0 aliphatic carbocycles. The second-order valence-electron chi connectivity index (χ2n) is 6.47. The fourth-order valence-corrected chi connectivity index (χ4v) is 2.67. The van der Waals surface area contributed by atoms with Crippen molar-refractivity contribution in [1.82, 2.24) is 15.0 Å². The zero-order valence-corrected chi connectivity index (χ0v) is 14.8. The van der Waals surface area contributed by atoms with Crippen LogP contribution in [0.5, 0.6) is 11.5 Å². The van der Waals surface area contributed by atoms with Crippen molar-refractivity contribution in [3.63, 3.8) is 0 Å². The summed E-state index contributed by atoms with van der Waals surface area (Å²) >= 11 is 0. The number of benzene rings is 1. The van der Waals surface area contributed by atoms with Gasteiger partial charge in [-0.25, -0.2) is 0 Å². The van der Waals surface area contributed by atoms with Crippen molar-refractivity contribution >= 4 is 5.91 Å². The summed E-state index contributed by atoms with van der Waals surface area (Å²) in [6.45, 7) is 7.28. The van der Waals surface area contributed by atoms with Crippen LogP contribution in [0.4, 0.5) is 0 Å². The van der Waals surface area contributed by atoms with Gasteiger partial charge in [0.25, 0.3) is 0 Å². The molecule has 0 saturated heterocycles. The maximum atomic E-state index is 12.6. The van der Waals surface area contributed by atoms with Crippen LogP contribution >= 0.6 is 0 Å². The van der Waals surface area contributed by atoms with Gasteiger partial charge >= 0.3 is 0 Å². The van der Waals surface area contributed by atoms with Crippen molar-refractivity contribution in [3.05, 3.63) is 35.5 Å². The normalized spacial score (nSPS) is 12.6. The van der Waals surface area contributed by atoms with Crippen molar-refractivity contribution in [2.24, 2.45) is 5.92 Å². The summed E-state index contributed by atoms with van der Waals surface area (Å²) in [7, 11) is 0. The molecule has 0 N–H and O–H groups in total. The summed E-state index contributed by atoms with van der Waals surface area (Å²) in [6.07, 6.45) is 1.03. The summed E-state index contributed by atoms with van der Waals surface area (Å²) in [5.41, 5.74) is 0.890. The Labute approximate surface area is 146 Å². The standard InChI is InChI=1S/C18H23N3O4/c1-4-21(10-16-19-17(25-20-16)7-12(2)3)18(22)9-13-5-6-14-15(8-13)24-11-23-14/h5-6,8,12H,4,7,9-11H2,1-3H3. The van der Waals surface area contributed by atoms with Gasteiger partial charge < -0.3 is 18.9 Å². The Hall–Kier alpha value is -2.57. The van der Waals surface area contributed by atoms with E-state index in [4.69, 9.17) is 14.0 Å². The maximum absolute atomic E-state index is 12.6. The number of carbonyl (C=O) groups excluding carboxylic acids is 1. The highest BCUT2D eigenvalue weighted by Crippen LogP contribution is 2.32. The highest BCUT2D eigenvalue weighted by atomic mass is 16.7. The van der Waals surface area contributed by atoms with E-state index >= 15 is 0 Å². The van der Waals surface area contributed by atoms with Crippen LogP contribution < -0.4 is 9.47 Å². The number of rotatable bonds is 7. The Bertz CT molecular complexity index is 742. The molecular formula is C18H23N3O4. The summed E-state index contributed by atoms with van der Waals surface area (Å²) in [5.74, 6) is 3.01. The molecular weight excluding hydrogens is 322 g/mol. The van der Waals surface area contributed by atoms with Crippen LogP contribution in [0.3, 0.4) is 0 Å². The van der Waals surface area contributed by atoms with E-state index in [1.807, 2.05) is 25.1 Å². The first kappa shape index (κ1) is 17.3. The highest BCUT2D eigenvalue weighted by molar-refractivity contribution is 5.79. The topological polar surface area (TPSA) is 77.7 Å². The molecule has 1 aromatic carbocycles. The Morgan fingerprint density at radius 1 is 1.28 bits per heavy atom. The maximum Gasteiger partial charge on any atom is 0.231 e. The molecule has 0 unspecified atom stereocenters. The third-order valence-corrected chi connectivity index (χ3v) is 3.95. The van der Waals surface area contributed by atoms with Crippen LogP contribution in [0.25, 0.3) is 0 Å². The molecule has 0 fully saturated rings. The molecule has 2 heterocycles. The summed E-state index contributed by atoms with van der Waals surface area (Å²) in [6, 6.07) is 5.57. The average Bonchev–Trinajstić information content (AvgIpc) is 3.20. The van der Waals surface area contributed by atoms with E-state index in [1.165, 1.54) is 0 Å². The van der Waals surface area contributed by atoms with Crippen molar-refractivity contribution < 1.29 is 18.8 Å². The highest BCUT2D eigenvalue weighted by Gasteiger charge is 2.19. The molecule has 0 radical (unpaired) electrons. The van der Waals surface area contributed by atoms with Gasteiger partial charge in [0.05, 0.1) is 13.0 Å². The van der Waals surface area contributed by atoms with E-state index < -0.39 is 0 Å². The van der Waals surface area contributed by atoms with Gasteiger partial charge in [0, 0.05) is 13.0 Å². The van der Waals surface area contributed by atoms with Gasteiger partial charge in [0.1, 0.15) is 0 Å². The third kappa shape index (κ3) is 4.29. The van der Waals surface area contributed by atoms with Gasteiger partial charge in [0.2, 0.25) is 18.6 Å². The van der Waals surface area contributed by atoms with Crippen molar-refractivity contribution in [3.8, 4) is 11.5 Å². The molecule has 0 spiro atoms. The lowest BCUT2D eigenvalue weighted by atomic mass is 10.1. The fourth-order valence-electron chi connectivity index (χ4n) is 2.67. The molecule has 7 heteroatoms. The third-order valence-electron chi connectivity index (χ3n) is 3.95. The van der Waals surface area contributed by atoms with Gasteiger partial charge in [-0.3, -0.25) is 4.79 Å². The predicted molar refractivity (Wildman–Crippen MR) is 90.2 cm³/mol. The number of ether oxygens (including phenoxy) is 2. The Morgan fingerprint density at radius 2 is 2.08 bits per heavy atom. The van der Waals surface area contributed by atoms with E-state index in [-0.39, 0.29) is 12.7 Å². The van der Waals surface area contributed by atoms with Crippen LogP contribution in [0.15, 0.2) is 22.7 Å². The van der Waals surface area contributed by atoms with E-state index in [9.17, 15) is 4.79 Å². The molecule has 1 aliphatic heterocycles. The van der Waals surface area contributed by atoms with Crippen LogP contribution in [0, 0.1) is 5.92 Å². The van der Waals surface area contributed by atoms with Gasteiger partial charge in [-0.1, -0.05) is 25.1 Å². The lowest BCUT2D eigenvalue weighted by molar-refractivity contribution is -0.131. The van der Waals surface area contributed by atoms with E-state index in [1.54, 1.807) is 4.90 Å². The Morgan fingerprint density at radius 3 is 2.84 bits per heavy atom. The first-order chi connectivity index (χ1) is 12.0. The zero-order valence-electron chi connectivity index (χ0n) is 14.8. The van der Waals surface area contributed by atoms with E-state index in [0.29, 0.717) is 48.6 Å². The molecule has 1 amide bonds. The van der Waals surface area contributed by atoms with Crippen molar-refractivity contribution in [2.75, 3.05) is 13.3 Å². The molecule has 1 aliphatic rings. The van der Waals surface area contributed by atoms with Crippen LogP contribution in [0.1, 0.15) is 38.0 Å². The minimum atomic E-state index is 0.0107. The summed E-state index contributed by atoms with van der Waals surface area (Å²) < 4.78 is 15.9. The number of carbonyl (C=O) groups is 1. The first-order valence-electron chi connectivity index (χ1n) is 8.53. The monoisotopic (exact) mass is 345 g/mol. The predicted octanol–water partition coefficient (Wildman–Crippen LogP) is 2.59. The average molecular weight is 345 g/mol. The Kier molecular flexibility index (Phi) is 5.21. The van der Waals surface area contributed by atoms with Gasteiger partial charge in [-0.15, -0.1) is 0 Å². The molecule has 0 saturated carbocycles. The smallest absolute Gasteiger partial charge is 0.231 e. The minimum absolute atomic E-state index is 0.0107. The summed E-state index contributed by atoms with van der Waals surface area (Å²) in [4.78, 5) is 18.7. The van der Waals surface area contributed by atoms with E-state index in [0.717, 1.165) is 12.0 Å². The van der Waals surface area contributed by atoms with Gasteiger partial charge in [-0.05, 0) is 30.5 Å². The van der Waals surface area contributed by atoms with Crippen LogP contribution in [-0.2, 0) is 24.2 Å². The largest absolute Gasteiger partial charge is 0.454 e. The molecule has 7 nitrogen and oxygen atoms in total. The molecule has 0 atom stereocenters. The molecule has 134 valence electrons. The minimum Gasteiger partial charge on any atom is -0.454 e. The molecule has 0 bridgehead atoms. The Balaban J connectivity index is 1.62. The number of amides is 1. The van der Waals surface area contributed by atoms with Crippen molar-refractivity contribution in [2.45, 2.75) is 40.2 Å². The van der Waals surface area contributed by atoms with Crippen LogP contribution in [-0.4, -0.2) is 34.3 Å². The number of hydrogen-bond acceptors (Lipinski definition) is 6. The number of nitrogens with zero attached hydrogens (tertiary/aromatic N) is 3. The molecule has 3 rings (SSSR count). The zero-order chi connectivity index (χ0) is 17.8. The van der Waals surface area contributed by atoms with Gasteiger partial charge in [0.15, 0.2) is 17.3 Å². The lowest BCUT2D eigenvalue weighted by Gasteiger charge is -2.19. The molecule has 25 heavy (non-hydrogen) atoms. The van der Waals surface area contributed by atoms with Crippen LogP contribution in [0.2, 0.25) is 0 Å². The number of hydrogen-bond donors (Lipinski definition) is 0.